The Balaban J connectivity index is 1.87. The van der Waals surface area contributed by atoms with Crippen molar-refractivity contribution in [2.45, 2.75) is 27.3 Å². The van der Waals surface area contributed by atoms with Crippen LogP contribution in [0.3, 0.4) is 0 Å². The maximum Gasteiger partial charge on any atom is 0.251 e. The summed E-state index contributed by atoms with van der Waals surface area (Å²) in [5.74, 6) is 1.47. The van der Waals surface area contributed by atoms with Gasteiger partial charge in [0.2, 0.25) is 0 Å². The first-order chi connectivity index (χ1) is 13.5. The number of hydrogen-bond acceptors (Lipinski definition) is 3. The van der Waals surface area contributed by atoms with Crippen LogP contribution < -0.4 is 20.7 Å². The Hall–Kier alpha value is -3.02. The Labute approximate surface area is 167 Å². The van der Waals surface area contributed by atoms with Crippen LogP contribution in [0.5, 0.6) is 5.75 Å². The van der Waals surface area contributed by atoms with Crippen molar-refractivity contribution in [3.05, 3.63) is 64.7 Å². The van der Waals surface area contributed by atoms with Gasteiger partial charge in [0.25, 0.3) is 5.91 Å². The fourth-order valence-corrected chi connectivity index (χ4v) is 2.73. The SMILES string of the molecule is CCNC(=NCc1ccc(C)cc1OC)NCCNC(=O)c1cccc(C)c1. The van der Waals surface area contributed by atoms with Crippen LogP contribution in [0.2, 0.25) is 0 Å². The summed E-state index contributed by atoms with van der Waals surface area (Å²) in [6.07, 6.45) is 0. The van der Waals surface area contributed by atoms with Crippen molar-refractivity contribution in [2.24, 2.45) is 4.99 Å². The summed E-state index contributed by atoms with van der Waals surface area (Å²) in [7, 11) is 1.67. The van der Waals surface area contributed by atoms with Crippen molar-refractivity contribution < 1.29 is 9.53 Å². The molecule has 150 valence electrons. The van der Waals surface area contributed by atoms with Crippen LogP contribution >= 0.6 is 0 Å². The van der Waals surface area contributed by atoms with Crippen LogP contribution in [0.25, 0.3) is 0 Å². The van der Waals surface area contributed by atoms with E-state index in [0.29, 0.717) is 31.2 Å². The van der Waals surface area contributed by atoms with Crippen molar-refractivity contribution in [1.29, 1.82) is 0 Å². The molecule has 1 amide bonds. The molecule has 0 aliphatic carbocycles. The second kappa shape index (κ2) is 11.0. The van der Waals surface area contributed by atoms with Gasteiger partial charge in [0.1, 0.15) is 5.75 Å². The molecule has 28 heavy (non-hydrogen) atoms. The normalized spacial score (nSPS) is 11.1. The summed E-state index contributed by atoms with van der Waals surface area (Å²) in [6.45, 7) is 8.37. The van der Waals surface area contributed by atoms with Gasteiger partial charge in [-0.15, -0.1) is 0 Å². The number of ether oxygens (including phenoxy) is 1. The molecule has 2 aromatic carbocycles. The van der Waals surface area contributed by atoms with Crippen molar-refractivity contribution in [1.82, 2.24) is 16.0 Å². The average Bonchev–Trinajstić information content (AvgIpc) is 2.69. The van der Waals surface area contributed by atoms with E-state index in [2.05, 4.69) is 27.0 Å². The highest BCUT2D eigenvalue weighted by Crippen LogP contribution is 2.20. The van der Waals surface area contributed by atoms with Gasteiger partial charge in [-0.2, -0.15) is 0 Å². The molecule has 0 aromatic heterocycles. The van der Waals surface area contributed by atoms with Crippen molar-refractivity contribution in [3.63, 3.8) is 0 Å². The second-order valence-corrected chi connectivity index (χ2v) is 6.56. The molecular weight excluding hydrogens is 352 g/mol. The van der Waals surface area contributed by atoms with Gasteiger partial charge in [0, 0.05) is 30.8 Å². The Morgan fingerprint density at radius 2 is 1.75 bits per heavy atom. The minimum Gasteiger partial charge on any atom is -0.496 e. The maximum absolute atomic E-state index is 12.2. The van der Waals surface area contributed by atoms with Gasteiger partial charge in [0.05, 0.1) is 13.7 Å². The lowest BCUT2D eigenvalue weighted by molar-refractivity contribution is 0.0954. The van der Waals surface area contributed by atoms with Crippen molar-refractivity contribution >= 4 is 11.9 Å². The van der Waals surface area contributed by atoms with Gasteiger partial charge in [0.15, 0.2) is 5.96 Å². The number of nitrogens with zero attached hydrogens (tertiary/aromatic N) is 1. The predicted molar refractivity (Wildman–Crippen MR) is 114 cm³/mol. The highest BCUT2D eigenvalue weighted by Gasteiger charge is 2.06. The molecule has 2 aromatic rings. The largest absolute Gasteiger partial charge is 0.496 e. The molecule has 0 radical (unpaired) electrons. The molecule has 0 atom stereocenters. The number of benzene rings is 2. The molecule has 0 saturated heterocycles. The lowest BCUT2D eigenvalue weighted by atomic mass is 10.1. The zero-order chi connectivity index (χ0) is 20.4. The molecule has 2 rings (SSSR count). The van der Waals surface area contributed by atoms with E-state index in [1.807, 2.05) is 57.2 Å². The van der Waals surface area contributed by atoms with Gasteiger partial charge in [-0.3, -0.25) is 4.79 Å². The highest BCUT2D eigenvalue weighted by atomic mass is 16.5. The van der Waals surface area contributed by atoms with Crippen LogP contribution in [0.4, 0.5) is 0 Å². The lowest BCUT2D eigenvalue weighted by Gasteiger charge is -2.13. The number of nitrogens with one attached hydrogen (secondary N) is 3. The number of amides is 1. The number of carbonyl (C=O) groups is 1. The smallest absolute Gasteiger partial charge is 0.251 e. The first kappa shape index (κ1) is 21.3. The van der Waals surface area contributed by atoms with Gasteiger partial charge < -0.3 is 20.7 Å². The second-order valence-electron chi connectivity index (χ2n) is 6.56. The average molecular weight is 383 g/mol. The molecule has 0 aliphatic rings. The molecule has 0 saturated carbocycles. The van der Waals surface area contributed by atoms with Crippen LogP contribution in [0.15, 0.2) is 47.5 Å². The molecule has 0 spiro atoms. The van der Waals surface area contributed by atoms with E-state index in [-0.39, 0.29) is 5.91 Å². The summed E-state index contributed by atoms with van der Waals surface area (Å²) in [5, 5.41) is 9.37. The monoisotopic (exact) mass is 382 g/mol. The molecule has 0 fully saturated rings. The van der Waals surface area contributed by atoms with Crippen LogP contribution in [-0.2, 0) is 6.54 Å². The quantitative estimate of drug-likeness (QED) is 0.373. The number of methoxy groups -OCH3 is 1. The van der Waals surface area contributed by atoms with Gasteiger partial charge in [-0.25, -0.2) is 4.99 Å². The third-order valence-electron chi connectivity index (χ3n) is 4.18. The fraction of sp³-hybridized carbons (Fsp3) is 0.364. The number of aliphatic imine (C=N–C) groups is 1. The highest BCUT2D eigenvalue weighted by molar-refractivity contribution is 5.94. The molecule has 0 bridgehead atoms. The zero-order valence-corrected chi connectivity index (χ0v) is 17.1. The number of guanidine groups is 1. The topological polar surface area (TPSA) is 74.8 Å². The molecule has 0 heterocycles. The molecule has 3 N–H and O–H groups in total. The number of carbonyl (C=O) groups excluding carboxylic acids is 1. The van der Waals surface area contributed by atoms with Gasteiger partial charge >= 0.3 is 0 Å². The first-order valence-corrected chi connectivity index (χ1v) is 9.54. The molecule has 6 heteroatoms. The molecular formula is C22H30N4O2. The molecule has 0 aliphatic heterocycles. The van der Waals surface area contributed by atoms with Gasteiger partial charge in [-0.1, -0.05) is 29.8 Å². The van der Waals surface area contributed by atoms with E-state index in [9.17, 15) is 4.79 Å². The van der Waals surface area contributed by atoms with E-state index in [1.54, 1.807) is 7.11 Å². The molecule has 0 unspecified atom stereocenters. The van der Waals surface area contributed by atoms with Crippen LogP contribution in [0.1, 0.15) is 34.0 Å². The number of aryl methyl sites for hydroxylation is 2. The third-order valence-corrected chi connectivity index (χ3v) is 4.18. The summed E-state index contributed by atoms with van der Waals surface area (Å²) in [6, 6.07) is 13.6. The summed E-state index contributed by atoms with van der Waals surface area (Å²) in [4.78, 5) is 16.8. The lowest BCUT2D eigenvalue weighted by Crippen LogP contribution is -2.41. The summed E-state index contributed by atoms with van der Waals surface area (Å²) < 4.78 is 5.44. The summed E-state index contributed by atoms with van der Waals surface area (Å²) in [5.41, 5.74) is 3.92. The van der Waals surface area contributed by atoms with Crippen molar-refractivity contribution in [2.75, 3.05) is 26.7 Å². The van der Waals surface area contributed by atoms with E-state index >= 15 is 0 Å². The minimum atomic E-state index is -0.0724. The first-order valence-electron chi connectivity index (χ1n) is 9.54. The fourth-order valence-electron chi connectivity index (χ4n) is 2.73. The van der Waals surface area contributed by atoms with E-state index in [0.717, 1.165) is 29.0 Å². The Bertz CT molecular complexity index is 818. The Morgan fingerprint density at radius 1 is 1.00 bits per heavy atom. The number of rotatable bonds is 8. The van der Waals surface area contributed by atoms with E-state index in [1.165, 1.54) is 0 Å². The predicted octanol–water partition coefficient (Wildman–Crippen LogP) is 2.80. The maximum atomic E-state index is 12.2. The Morgan fingerprint density at radius 3 is 2.46 bits per heavy atom. The van der Waals surface area contributed by atoms with Gasteiger partial charge in [-0.05, 0) is 44.5 Å². The van der Waals surface area contributed by atoms with Crippen LogP contribution in [0, 0.1) is 13.8 Å². The Kier molecular flexibility index (Phi) is 8.34. The third kappa shape index (κ3) is 6.61. The number of hydrogen-bond donors (Lipinski definition) is 3. The van der Waals surface area contributed by atoms with Crippen molar-refractivity contribution in [3.8, 4) is 5.75 Å². The van der Waals surface area contributed by atoms with Crippen LogP contribution in [-0.4, -0.2) is 38.6 Å². The standard InChI is InChI=1S/C22H30N4O2/c1-5-23-22(26-15-19-10-9-17(3)14-20(19)28-4)25-12-11-24-21(27)18-8-6-7-16(2)13-18/h6-10,13-14H,5,11-12,15H2,1-4H3,(H,24,27)(H2,23,25,26). The minimum absolute atomic E-state index is 0.0724. The summed E-state index contributed by atoms with van der Waals surface area (Å²) >= 11 is 0. The van der Waals surface area contributed by atoms with E-state index < -0.39 is 0 Å². The molecule has 6 nitrogen and oxygen atoms in total. The van der Waals surface area contributed by atoms with E-state index in [4.69, 9.17) is 4.74 Å². The zero-order valence-electron chi connectivity index (χ0n) is 17.1.